The molecule has 0 saturated carbocycles. The Morgan fingerprint density at radius 3 is 2.90 bits per heavy atom. The molecule has 0 amide bonds. The molecule has 0 radical (unpaired) electrons. The second kappa shape index (κ2) is 7.36. The lowest BCUT2D eigenvalue weighted by Gasteiger charge is -2.08. The lowest BCUT2D eigenvalue weighted by Crippen LogP contribution is -2.24. The highest BCUT2D eigenvalue weighted by atomic mass is 32.1. The van der Waals surface area contributed by atoms with Crippen LogP contribution in [0.3, 0.4) is 0 Å². The number of carbonyl (C=O) groups is 1. The van der Waals surface area contributed by atoms with Gasteiger partial charge in [-0.15, -0.1) is 11.3 Å². The van der Waals surface area contributed by atoms with E-state index >= 15 is 0 Å². The molecule has 10 heteroatoms. The largest absolute Gasteiger partial charge is 0.415 e. The minimum atomic E-state index is -0.890. The average molecular weight is 417 g/mol. The number of hydrogen-bond donors (Lipinski definition) is 0. The van der Waals surface area contributed by atoms with Gasteiger partial charge in [-0.25, -0.2) is 14.2 Å². The first-order chi connectivity index (χ1) is 13.9. The van der Waals surface area contributed by atoms with Crippen LogP contribution >= 0.6 is 11.3 Å². The predicted octanol–water partition coefficient (Wildman–Crippen LogP) is 3.76. The maximum absolute atomic E-state index is 13.5. The standard InChI is InChI=1S/C19H16FN3O5S/c1-10-15-17(21-14-5-3-2-4-8-22(14)18(15)24)29-16(10)19(25)28-13-9-11(20)6-7-12(13)23(26)27/h6-7,9H,2-5,8H2,1H3. The minimum Gasteiger partial charge on any atom is -0.415 e. The fourth-order valence-electron chi connectivity index (χ4n) is 3.47. The van der Waals surface area contributed by atoms with Crippen molar-refractivity contribution in [2.75, 3.05) is 0 Å². The first kappa shape index (κ1) is 19.2. The van der Waals surface area contributed by atoms with Gasteiger partial charge in [0.2, 0.25) is 5.75 Å². The second-order valence-electron chi connectivity index (χ2n) is 6.79. The van der Waals surface area contributed by atoms with Crippen LogP contribution in [0.4, 0.5) is 10.1 Å². The summed E-state index contributed by atoms with van der Waals surface area (Å²) in [5.41, 5.74) is -0.314. The number of benzene rings is 1. The van der Waals surface area contributed by atoms with Gasteiger partial charge in [-0.2, -0.15) is 0 Å². The number of nitrogens with zero attached hydrogens (tertiary/aromatic N) is 3. The van der Waals surface area contributed by atoms with Crippen LogP contribution in [-0.2, 0) is 13.0 Å². The van der Waals surface area contributed by atoms with Gasteiger partial charge in [-0.1, -0.05) is 6.42 Å². The van der Waals surface area contributed by atoms with E-state index in [4.69, 9.17) is 4.74 Å². The Kier molecular flexibility index (Phi) is 4.87. The number of nitro benzene ring substituents is 1. The van der Waals surface area contributed by atoms with Crippen LogP contribution in [0, 0.1) is 22.9 Å². The fraction of sp³-hybridized carbons (Fsp3) is 0.316. The number of rotatable bonds is 3. The zero-order valence-corrected chi connectivity index (χ0v) is 16.3. The monoisotopic (exact) mass is 417 g/mol. The van der Waals surface area contributed by atoms with Crippen LogP contribution in [0.2, 0.25) is 0 Å². The molecular formula is C19H16FN3O5S. The molecule has 0 spiro atoms. The van der Waals surface area contributed by atoms with Gasteiger partial charge in [0.25, 0.3) is 5.56 Å². The number of nitro groups is 1. The van der Waals surface area contributed by atoms with Gasteiger partial charge in [0, 0.05) is 25.1 Å². The molecular weight excluding hydrogens is 401 g/mol. The Labute approximate surface area is 167 Å². The number of ether oxygens (including phenoxy) is 1. The van der Waals surface area contributed by atoms with Crippen LogP contribution in [-0.4, -0.2) is 20.4 Å². The van der Waals surface area contributed by atoms with Gasteiger partial charge < -0.3 is 4.74 Å². The van der Waals surface area contributed by atoms with Crippen LogP contribution in [0.5, 0.6) is 5.75 Å². The topological polar surface area (TPSA) is 104 Å². The van der Waals surface area contributed by atoms with E-state index < -0.39 is 28.1 Å². The van der Waals surface area contributed by atoms with Gasteiger partial charge in [0.05, 0.1) is 10.3 Å². The molecule has 0 N–H and O–H groups in total. The summed E-state index contributed by atoms with van der Waals surface area (Å²) >= 11 is 1.00. The van der Waals surface area contributed by atoms with Crippen molar-refractivity contribution < 1.29 is 18.8 Å². The predicted molar refractivity (Wildman–Crippen MR) is 104 cm³/mol. The third-order valence-electron chi connectivity index (χ3n) is 4.92. The van der Waals surface area contributed by atoms with Gasteiger partial charge in [-0.05, 0) is 31.4 Å². The van der Waals surface area contributed by atoms with Gasteiger partial charge in [0.15, 0.2) is 0 Å². The second-order valence-corrected chi connectivity index (χ2v) is 7.79. The molecule has 0 unspecified atom stereocenters. The van der Waals surface area contributed by atoms with E-state index in [2.05, 4.69) is 4.98 Å². The molecule has 1 aromatic carbocycles. The molecule has 2 aromatic heterocycles. The third-order valence-corrected chi connectivity index (χ3v) is 6.08. The lowest BCUT2D eigenvalue weighted by molar-refractivity contribution is -0.385. The van der Waals surface area contributed by atoms with Crippen LogP contribution in [0.1, 0.15) is 40.3 Å². The maximum Gasteiger partial charge on any atom is 0.354 e. The molecule has 150 valence electrons. The van der Waals surface area contributed by atoms with E-state index in [-0.39, 0.29) is 10.4 Å². The van der Waals surface area contributed by atoms with Gasteiger partial charge in [0.1, 0.15) is 21.3 Å². The van der Waals surface area contributed by atoms with Gasteiger partial charge in [-0.3, -0.25) is 19.5 Å². The Morgan fingerprint density at radius 1 is 1.34 bits per heavy atom. The number of fused-ring (bicyclic) bond motifs is 2. The SMILES string of the molecule is Cc1c(C(=O)Oc2cc(F)ccc2[N+](=O)[O-])sc2nc3n(c(=O)c12)CCCCC3. The number of esters is 1. The smallest absolute Gasteiger partial charge is 0.354 e. The minimum absolute atomic E-state index is 0.115. The van der Waals surface area contributed by atoms with Crippen LogP contribution in [0.25, 0.3) is 10.2 Å². The van der Waals surface area contributed by atoms with E-state index in [1.54, 1.807) is 11.5 Å². The number of thiophene rings is 1. The number of halogens is 1. The quantitative estimate of drug-likeness (QED) is 0.278. The lowest BCUT2D eigenvalue weighted by atomic mass is 10.2. The Hall–Kier alpha value is -3.14. The highest BCUT2D eigenvalue weighted by molar-refractivity contribution is 7.20. The maximum atomic E-state index is 13.5. The molecule has 0 atom stereocenters. The molecule has 0 bridgehead atoms. The Morgan fingerprint density at radius 2 is 2.14 bits per heavy atom. The van der Waals surface area contributed by atoms with Crippen molar-refractivity contribution in [3.05, 3.63) is 60.7 Å². The molecule has 29 heavy (non-hydrogen) atoms. The average Bonchev–Trinajstić information content (AvgIpc) is 2.84. The number of carbonyl (C=O) groups excluding carboxylic acids is 1. The van der Waals surface area contributed by atoms with E-state index in [0.29, 0.717) is 34.6 Å². The first-order valence-corrected chi connectivity index (χ1v) is 9.87. The molecule has 8 nitrogen and oxygen atoms in total. The van der Waals surface area contributed by atoms with Crippen molar-refractivity contribution in [1.82, 2.24) is 9.55 Å². The molecule has 3 aromatic rings. The first-order valence-electron chi connectivity index (χ1n) is 9.05. The third kappa shape index (κ3) is 3.39. The van der Waals surface area contributed by atoms with Crippen molar-refractivity contribution in [2.24, 2.45) is 0 Å². The molecule has 0 saturated heterocycles. The van der Waals surface area contributed by atoms with E-state index in [0.717, 1.165) is 48.8 Å². The Bertz CT molecular complexity index is 1220. The van der Waals surface area contributed by atoms with Crippen LogP contribution in [0.15, 0.2) is 23.0 Å². The zero-order valence-electron chi connectivity index (χ0n) is 15.4. The molecule has 0 fully saturated rings. The number of hydrogen-bond acceptors (Lipinski definition) is 7. The fourth-order valence-corrected chi connectivity index (χ4v) is 4.54. The van der Waals surface area contributed by atoms with E-state index in [1.807, 2.05) is 0 Å². The van der Waals surface area contributed by atoms with Crippen molar-refractivity contribution >= 4 is 33.2 Å². The number of aryl methyl sites for hydroxylation is 2. The van der Waals surface area contributed by atoms with Gasteiger partial charge >= 0.3 is 11.7 Å². The van der Waals surface area contributed by atoms with E-state index in [9.17, 15) is 24.1 Å². The highest BCUT2D eigenvalue weighted by Crippen LogP contribution is 2.32. The summed E-state index contributed by atoms with van der Waals surface area (Å²) in [4.78, 5) is 41.1. The number of aromatic nitrogens is 2. The summed E-state index contributed by atoms with van der Waals surface area (Å²) in [5, 5.41) is 11.5. The van der Waals surface area contributed by atoms with Crippen molar-refractivity contribution in [3.8, 4) is 5.75 Å². The summed E-state index contributed by atoms with van der Waals surface area (Å²) in [6, 6.07) is 2.63. The molecule has 1 aliphatic heterocycles. The van der Waals surface area contributed by atoms with Crippen LogP contribution < -0.4 is 10.3 Å². The zero-order chi connectivity index (χ0) is 20.7. The van der Waals surface area contributed by atoms with Crippen molar-refractivity contribution in [2.45, 2.75) is 39.2 Å². The summed E-state index contributed by atoms with van der Waals surface area (Å²) in [7, 11) is 0. The summed E-state index contributed by atoms with van der Waals surface area (Å²) < 4.78 is 20.3. The summed E-state index contributed by atoms with van der Waals surface area (Å²) in [5.74, 6) is -1.45. The molecule has 1 aliphatic rings. The normalized spacial score (nSPS) is 13.7. The highest BCUT2D eigenvalue weighted by Gasteiger charge is 2.26. The summed E-state index contributed by atoms with van der Waals surface area (Å²) in [6.45, 7) is 2.20. The Balaban J connectivity index is 1.77. The van der Waals surface area contributed by atoms with Crippen molar-refractivity contribution in [1.29, 1.82) is 0 Å². The van der Waals surface area contributed by atoms with E-state index in [1.165, 1.54) is 0 Å². The summed E-state index contributed by atoms with van der Waals surface area (Å²) in [6.07, 6.45) is 3.55. The van der Waals surface area contributed by atoms with Crippen molar-refractivity contribution in [3.63, 3.8) is 0 Å². The molecule has 4 rings (SSSR count). The molecule has 3 heterocycles. The molecule has 0 aliphatic carbocycles.